The molecule has 0 aliphatic carbocycles. The molecule has 0 saturated heterocycles. The average Bonchev–Trinajstić information content (AvgIpc) is 3.02. The van der Waals surface area contributed by atoms with Crippen molar-refractivity contribution in [2.75, 3.05) is 26.2 Å². The Hall–Kier alpha value is -1.14. The molecule has 5 nitrogen and oxygen atoms in total. The normalized spacial score (nSPS) is 13.8. The molecule has 0 saturated carbocycles. The van der Waals surface area contributed by atoms with Crippen LogP contribution in [-0.4, -0.2) is 42.3 Å². The molecule has 144 valence electrons. The summed E-state index contributed by atoms with van der Waals surface area (Å²) in [7, 11) is 0. The van der Waals surface area contributed by atoms with E-state index in [2.05, 4.69) is 50.6 Å². The number of aliphatic hydroxyl groups excluding tert-OH is 1. The summed E-state index contributed by atoms with van der Waals surface area (Å²) in [6.45, 7) is 13.5. The van der Waals surface area contributed by atoms with Crippen LogP contribution in [0.3, 0.4) is 0 Å². The Labute approximate surface area is 157 Å². The predicted molar refractivity (Wildman–Crippen MR) is 109 cm³/mol. The average molecular weight is 369 g/mol. The molecule has 1 aromatic heterocycles. The second kappa shape index (κ2) is 11.5. The second-order valence-corrected chi connectivity index (χ2v) is 8.38. The summed E-state index contributed by atoms with van der Waals surface area (Å²) in [6.07, 6.45) is 3.97. The highest BCUT2D eigenvalue weighted by atomic mass is 32.1. The number of guanidine groups is 1. The van der Waals surface area contributed by atoms with Crippen molar-refractivity contribution in [1.29, 1.82) is 0 Å². The fraction of sp³-hybridized carbons (Fsp3) is 0.789. The summed E-state index contributed by atoms with van der Waals surface area (Å²) < 4.78 is 0. The lowest BCUT2D eigenvalue weighted by Gasteiger charge is -2.15. The lowest BCUT2D eigenvalue weighted by Crippen LogP contribution is -2.38. The second-order valence-electron chi connectivity index (χ2n) is 7.44. The van der Waals surface area contributed by atoms with Crippen LogP contribution in [0.15, 0.2) is 10.4 Å². The molecule has 1 rings (SSSR count). The largest absolute Gasteiger partial charge is 0.396 e. The molecular weight excluding hydrogens is 332 g/mol. The van der Waals surface area contributed by atoms with Gasteiger partial charge in [-0.3, -0.25) is 4.99 Å². The van der Waals surface area contributed by atoms with E-state index in [4.69, 9.17) is 9.98 Å². The van der Waals surface area contributed by atoms with Gasteiger partial charge in [-0.05, 0) is 25.7 Å². The lowest BCUT2D eigenvalue weighted by molar-refractivity contribution is 0.253. The van der Waals surface area contributed by atoms with Crippen molar-refractivity contribution in [3.8, 4) is 0 Å². The van der Waals surface area contributed by atoms with E-state index in [0.717, 1.165) is 56.3 Å². The first-order chi connectivity index (χ1) is 11.9. The quantitative estimate of drug-likeness (QED) is 0.438. The van der Waals surface area contributed by atoms with Gasteiger partial charge >= 0.3 is 0 Å². The van der Waals surface area contributed by atoms with Gasteiger partial charge < -0.3 is 15.7 Å². The standard InChI is InChI=1S/C19H36N4OS/c1-6-8-15(10-12-24)13-22-18(20-7-2)21-11-9-17-23-16(14-25-17)19(3,4)5/h14-15,24H,6-13H2,1-5H3,(H2,20,21,22). The maximum absolute atomic E-state index is 9.17. The molecule has 1 atom stereocenters. The van der Waals surface area contributed by atoms with Gasteiger partial charge in [0.2, 0.25) is 0 Å². The zero-order valence-corrected chi connectivity index (χ0v) is 17.4. The monoisotopic (exact) mass is 368 g/mol. The highest BCUT2D eigenvalue weighted by molar-refractivity contribution is 7.09. The Kier molecular flexibility index (Phi) is 10.0. The third-order valence-electron chi connectivity index (χ3n) is 4.04. The number of nitrogens with zero attached hydrogens (tertiary/aromatic N) is 2. The third-order valence-corrected chi connectivity index (χ3v) is 4.95. The zero-order valence-electron chi connectivity index (χ0n) is 16.6. The fourth-order valence-corrected chi connectivity index (χ4v) is 3.56. The Morgan fingerprint density at radius 1 is 1.28 bits per heavy atom. The van der Waals surface area contributed by atoms with Gasteiger partial charge in [-0.1, -0.05) is 34.1 Å². The maximum atomic E-state index is 9.17. The molecule has 0 radical (unpaired) electrons. The smallest absolute Gasteiger partial charge is 0.191 e. The molecular formula is C19H36N4OS. The Morgan fingerprint density at radius 2 is 2.04 bits per heavy atom. The van der Waals surface area contributed by atoms with E-state index < -0.39 is 0 Å². The Balaban J connectivity index is 2.51. The van der Waals surface area contributed by atoms with E-state index in [1.54, 1.807) is 11.3 Å². The van der Waals surface area contributed by atoms with Gasteiger partial charge in [-0.2, -0.15) is 0 Å². The van der Waals surface area contributed by atoms with Crippen LogP contribution < -0.4 is 10.6 Å². The summed E-state index contributed by atoms with van der Waals surface area (Å²) in [5, 5.41) is 19.2. The predicted octanol–water partition coefficient (Wildman–Crippen LogP) is 3.34. The number of hydrogen-bond donors (Lipinski definition) is 3. The molecule has 0 spiro atoms. The number of aliphatic hydroxyl groups is 1. The van der Waals surface area contributed by atoms with Gasteiger partial charge in [-0.25, -0.2) is 4.98 Å². The molecule has 1 heterocycles. The minimum absolute atomic E-state index is 0.111. The molecule has 25 heavy (non-hydrogen) atoms. The SMILES string of the molecule is CCCC(CCO)CN=C(NCC)NCCc1nc(C(C)(C)C)cs1. The van der Waals surface area contributed by atoms with Crippen molar-refractivity contribution in [2.45, 2.75) is 65.7 Å². The van der Waals surface area contributed by atoms with Crippen LogP contribution >= 0.6 is 11.3 Å². The summed E-state index contributed by atoms with van der Waals surface area (Å²) in [5.41, 5.74) is 1.28. The molecule has 0 aliphatic heterocycles. The van der Waals surface area contributed by atoms with Crippen molar-refractivity contribution < 1.29 is 5.11 Å². The molecule has 0 bridgehead atoms. The van der Waals surface area contributed by atoms with E-state index >= 15 is 0 Å². The molecule has 0 fully saturated rings. The minimum atomic E-state index is 0.111. The van der Waals surface area contributed by atoms with Crippen LogP contribution in [-0.2, 0) is 11.8 Å². The maximum Gasteiger partial charge on any atom is 0.191 e. The summed E-state index contributed by atoms with van der Waals surface area (Å²) in [6, 6.07) is 0. The fourth-order valence-electron chi connectivity index (χ4n) is 2.54. The van der Waals surface area contributed by atoms with Gasteiger partial charge in [0.05, 0.1) is 10.7 Å². The third kappa shape index (κ3) is 8.68. The van der Waals surface area contributed by atoms with Crippen molar-refractivity contribution in [3.63, 3.8) is 0 Å². The number of hydrogen-bond acceptors (Lipinski definition) is 4. The lowest BCUT2D eigenvalue weighted by atomic mass is 9.93. The van der Waals surface area contributed by atoms with Crippen LogP contribution in [0.25, 0.3) is 0 Å². The van der Waals surface area contributed by atoms with Crippen LogP contribution in [0, 0.1) is 5.92 Å². The van der Waals surface area contributed by atoms with Gasteiger partial charge in [0, 0.05) is 43.5 Å². The van der Waals surface area contributed by atoms with E-state index in [-0.39, 0.29) is 12.0 Å². The first-order valence-electron chi connectivity index (χ1n) is 9.48. The zero-order chi connectivity index (χ0) is 18.7. The molecule has 3 N–H and O–H groups in total. The highest BCUT2D eigenvalue weighted by Gasteiger charge is 2.17. The Bertz CT molecular complexity index is 502. The van der Waals surface area contributed by atoms with Crippen molar-refractivity contribution in [2.24, 2.45) is 10.9 Å². The van der Waals surface area contributed by atoms with Crippen molar-refractivity contribution >= 4 is 17.3 Å². The van der Waals surface area contributed by atoms with Gasteiger partial charge in [0.15, 0.2) is 5.96 Å². The van der Waals surface area contributed by atoms with Crippen molar-refractivity contribution in [3.05, 3.63) is 16.1 Å². The number of thiazole rings is 1. The van der Waals surface area contributed by atoms with Crippen LogP contribution in [0.1, 0.15) is 64.6 Å². The molecule has 1 unspecified atom stereocenters. The first kappa shape index (κ1) is 21.9. The number of nitrogens with one attached hydrogen (secondary N) is 2. The number of aromatic nitrogens is 1. The summed E-state index contributed by atoms with van der Waals surface area (Å²) >= 11 is 1.73. The minimum Gasteiger partial charge on any atom is -0.396 e. The van der Waals surface area contributed by atoms with E-state index in [1.165, 1.54) is 5.69 Å². The molecule has 6 heteroatoms. The summed E-state index contributed by atoms with van der Waals surface area (Å²) in [5.74, 6) is 1.31. The number of rotatable bonds is 10. The van der Waals surface area contributed by atoms with E-state index in [1.807, 2.05) is 0 Å². The van der Waals surface area contributed by atoms with Gasteiger partial charge in [-0.15, -0.1) is 11.3 Å². The molecule has 1 aromatic rings. The van der Waals surface area contributed by atoms with E-state index in [0.29, 0.717) is 5.92 Å². The van der Waals surface area contributed by atoms with E-state index in [9.17, 15) is 5.11 Å². The number of aliphatic imine (C=N–C) groups is 1. The van der Waals surface area contributed by atoms with Crippen LogP contribution in [0.5, 0.6) is 0 Å². The van der Waals surface area contributed by atoms with Crippen LogP contribution in [0.2, 0.25) is 0 Å². The molecule has 0 amide bonds. The topological polar surface area (TPSA) is 69.5 Å². The Morgan fingerprint density at radius 3 is 2.60 bits per heavy atom. The van der Waals surface area contributed by atoms with Gasteiger partial charge in [0.1, 0.15) is 0 Å². The molecule has 0 aromatic carbocycles. The van der Waals surface area contributed by atoms with Crippen molar-refractivity contribution in [1.82, 2.24) is 15.6 Å². The highest BCUT2D eigenvalue weighted by Crippen LogP contribution is 2.23. The van der Waals surface area contributed by atoms with Crippen LogP contribution in [0.4, 0.5) is 0 Å². The van der Waals surface area contributed by atoms with Gasteiger partial charge in [0.25, 0.3) is 0 Å². The molecule has 0 aliphatic rings. The first-order valence-corrected chi connectivity index (χ1v) is 10.4. The summed E-state index contributed by atoms with van der Waals surface area (Å²) in [4.78, 5) is 9.43.